The maximum Gasteiger partial charge on any atom is 0.0555 e. The van der Waals surface area contributed by atoms with E-state index in [1.807, 2.05) is 11.3 Å². The monoisotopic (exact) mass is 812 g/mol. The summed E-state index contributed by atoms with van der Waals surface area (Å²) >= 11 is 1.90. The van der Waals surface area contributed by atoms with Gasteiger partial charge in [0.2, 0.25) is 0 Å². The molecule has 62 heavy (non-hydrogen) atoms. The minimum Gasteiger partial charge on any atom is -0.341 e. The number of aromatic nitrogens is 2. The van der Waals surface area contributed by atoms with E-state index in [1.165, 1.54) is 80.7 Å². The van der Waals surface area contributed by atoms with E-state index >= 15 is 0 Å². The first-order valence-electron chi connectivity index (χ1n) is 21.5. The molecule has 0 radical (unpaired) electrons. The summed E-state index contributed by atoms with van der Waals surface area (Å²) in [5, 5.41) is 7.72. The fraction of sp³-hybridized carbons (Fsp3) is 0.0526. The SMILES string of the molecule is c1ccc(-n2c3ccccc3c3cc(N(c4ccc(N5CCCc6ccccc65)cc4)c4ccc(-n5c6ccccc6c6c7sc8ccccc8c7ccc65)cc4)ccc32)cc1. The van der Waals surface area contributed by atoms with Crippen LogP contribution in [0.3, 0.4) is 0 Å². The van der Waals surface area contributed by atoms with Gasteiger partial charge in [0.05, 0.1) is 22.1 Å². The second kappa shape index (κ2) is 14.0. The molecule has 0 saturated carbocycles. The van der Waals surface area contributed by atoms with Gasteiger partial charge in [0.15, 0.2) is 0 Å². The summed E-state index contributed by atoms with van der Waals surface area (Å²) in [6, 6.07) is 75.9. The molecule has 0 aliphatic carbocycles. The topological polar surface area (TPSA) is 16.3 Å². The van der Waals surface area contributed by atoms with Crippen LogP contribution < -0.4 is 9.80 Å². The maximum atomic E-state index is 2.48. The number of hydrogen-bond acceptors (Lipinski definition) is 3. The van der Waals surface area contributed by atoms with E-state index in [4.69, 9.17) is 0 Å². The fourth-order valence-corrected chi connectivity index (χ4v) is 11.5. The molecule has 1 aliphatic heterocycles. The van der Waals surface area contributed by atoms with E-state index in [1.54, 1.807) is 0 Å². The molecule has 9 aromatic carbocycles. The molecule has 0 atom stereocenters. The zero-order valence-electron chi connectivity index (χ0n) is 33.9. The zero-order valence-corrected chi connectivity index (χ0v) is 34.8. The molecule has 3 aromatic heterocycles. The van der Waals surface area contributed by atoms with Crippen molar-refractivity contribution in [2.75, 3.05) is 16.3 Å². The molecule has 0 bridgehead atoms. The summed E-state index contributed by atoms with van der Waals surface area (Å²) in [6.45, 7) is 1.01. The van der Waals surface area contributed by atoms with Gasteiger partial charge in [0.1, 0.15) is 0 Å². The van der Waals surface area contributed by atoms with E-state index in [9.17, 15) is 0 Å². The van der Waals surface area contributed by atoms with E-state index in [0.29, 0.717) is 0 Å². The lowest BCUT2D eigenvalue weighted by Crippen LogP contribution is -2.24. The molecule has 1 aliphatic rings. The normalized spacial score (nSPS) is 12.9. The van der Waals surface area contributed by atoms with Crippen molar-refractivity contribution in [2.45, 2.75) is 12.8 Å². The van der Waals surface area contributed by atoms with Crippen LogP contribution in [-0.4, -0.2) is 15.7 Å². The Labute approximate surface area is 363 Å². The van der Waals surface area contributed by atoms with Crippen molar-refractivity contribution in [3.63, 3.8) is 0 Å². The number of anilines is 5. The maximum absolute atomic E-state index is 2.48. The molecule has 0 fully saturated rings. The Morgan fingerprint density at radius 3 is 1.79 bits per heavy atom. The summed E-state index contributed by atoms with van der Waals surface area (Å²) in [5.74, 6) is 0. The molecule has 12 aromatic rings. The number of para-hydroxylation sites is 4. The summed E-state index contributed by atoms with van der Waals surface area (Å²) < 4.78 is 7.50. The van der Waals surface area contributed by atoms with Crippen LogP contribution in [0, 0.1) is 0 Å². The smallest absolute Gasteiger partial charge is 0.0555 e. The van der Waals surface area contributed by atoms with Crippen molar-refractivity contribution in [2.24, 2.45) is 0 Å². The lowest BCUT2D eigenvalue weighted by molar-refractivity contribution is 0.767. The molecule has 0 unspecified atom stereocenters. The highest BCUT2D eigenvalue weighted by atomic mass is 32.1. The molecule has 0 amide bonds. The highest BCUT2D eigenvalue weighted by molar-refractivity contribution is 7.26. The lowest BCUT2D eigenvalue weighted by atomic mass is 10.0. The van der Waals surface area contributed by atoms with Crippen molar-refractivity contribution in [3.8, 4) is 11.4 Å². The van der Waals surface area contributed by atoms with E-state index in [0.717, 1.165) is 47.8 Å². The van der Waals surface area contributed by atoms with E-state index in [2.05, 4.69) is 225 Å². The van der Waals surface area contributed by atoms with Gasteiger partial charge in [-0.25, -0.2) is 0 Å². The van der Waals surface area contributed by atoms with Gasteiger partial charge in [-0.05, 0) is 128 Å². The molecule has 294 valence electrons. The van der Waals surface area contributed by atoms with Crippen LogP contribution in [0.25, 0.3) is 75.2 Å². The highest BCUT2D eigenvalue weighted by Gasteiger charge is 2.22. The van der Waals surface area contributed by atoms with E-state index < -0.39 is 0 Å². The van der Waals surface area contributed by atoms with Crippen LogP contribution in [0.2, 0.25) is 0 Å². The molecule has 13 rings (SSSR count). The number of hydrogen-bond donors (Lipinski definition) is 0. The Balaban J connectivity index is 0.970. The van der Waals surface area contributed by atoms with Crippen molar-refractivity contribution < 1.29 is 0 Å². The fourth-order valence-electron chi connectivity index (χ4n) is 10.2. The number of benzene rings is 9. The second-order valence-electron chi connectivity index (χ2n) is 16.4. The minimum absolute atomic E-state index is 1.01. The predicted molar refractivity (Wildman–Crippen MR) is 264 cm³/mol. The van der Waals surface area contributed by atoms with Crippen molar-refractivity contribution >= 4 is 104 Å². The largest absolute Gasteiger partial charge is 0.341 e. The standard InChI is InChI=1S/C57H40N4S/c1-2-15-40(16-3-1)60-51-21-9-5-17-45(51)49-37-44(32-34-53(49)60)59(41-26-24-39(25-27-41)58-36-12-14-38-13-4-8-20-50(38)58)42-28-30-43(31-29-42)61-52-22-10-6-19-48(52)56-54(61)35-33-47-46-18-7-11-23-55(46)62-57(47)56/h1-11,13,15-35,37H,12,14,36H2. The number of fused-ring (bicyclic) bond motifs is 11. The number of nitrogens with zero attached hydrogens (tertiary/aromatic N) is 4. The summed E-state index contributed by atoms with van der Waals surface area (Å²) in [5.41, 5.74) is 14.4. The molecule has 0 N–H and O–H groups in total. The third-order valence-corrected chi connectivity index (χ3v) is 14.2. The molecular weight excluding hydrogens is 773 g/mol. The van der Waals surface area contributed by atoms with Crippen LogP contribution in [0.4, 0.5) is 28.4 Å². The van der Waals surface area contributed by atoms with Crippen molar-refractivity contribution in [1.29, 1.82) is 0 Å². The first kappa shape index (κ1) is 35.2. The van der Waals surface area contributed by atoms with Gasteiger partial charge in [-0.2, -0.15) is 0 Å². The third kappa shape index (κ3) is 5.38. The van der Waals surface area contributed by atoms with Gasteiger partial charge in [0, 0.05) is 88.1 Å². The van der Waals surface area contributed by atoms with Crippen LogP contribution >= 0.6 is 11.3 Å². The molecule has 0 spiro atoms. The highest BCUT2D eigenvalue weighted by Crippen LogP contribution is 2.45. The Kier molecular flexibility index (Phi) is 7.94. The Morgan fingerprint density at radius 2 is 0.984 bits per heavy atom. The van der Waals surface area contributed by atoms with Gasteiger partial charge in [-0.3, -0.25) is 0 Å². The minimum atomic E-state index is 1.01. The zero-order chi connectivity index (χ0) is 40.7. The molecule has 4 heterocycles. The summed E-state index contributed by atoms with van der Waals surface area (Å²) in [7, 11) is 0. The van der Waals surface area contributed by atoms with Crippen LogP contribution in [0.5, 0.6) is 0 Å². The molecule has 0 saturated heterocycles. The Morgan fingerprint density at radius 1 is 0.403 bits per heavy atom. The third-order valence-electron chi connectivity index (χ3n) is 13.0. The molecular formula is C57H40N4S. The summed E-state index contributed by atoms with van der Waals surface area (Å²) in [6.07, 6.45) is 2.27. The van der Waals surface area contributed by atoms with E-state index in [-0.39, 0.29) is 0 Å². The number of thiophene rings is 1. The summed E-state index contributed by atoms with van der Waals surface area (Å²) in [4.78, 5) is 4.89. The lowest BCUT2D eigenvalue weighted by Gasteiger charge is -2.32. The first-order valence-corrected chi connectivity index (χ1v) is 22.4. The average Bonchev–Trinajstić information content (AvgIpc) is 4.00. The quantitative estimate of drug-likeness (QED) is 0.166. The second-order valence-corrected chi connectivity index (χ2v) is 17.5. The Hall–Kier alpha value is -7.60. The molecule has 4 nitrogen and oxygen atoms in total. The van der Waals surface area contributed by atoms with Gasteiger partial charge < -0.3 is 18.9 Å². The Bertz CT molecular complexity index is 3670. The van der Waals surface area contributed by atoms with Crippen molar-refractivity contribution in [3.05, 3.63) is 212 Å². The van der Waals surface area contributed by atoms with Gasteiger partial charge in [0.25, 0.3) is 0 Å². The predicted octanol–water partition coefficient (Wildman–Crippen LogP) is 15.8. The van der Waals surface area contributed by atoms with Crippen LogP contribution in [0.1, 0.15) is 12.0 Å². The van der Waals surface area contributed by atoms with Crippen LogP contribution in [-0.2, 0) is 6.42 Å². The number of aryl methyl sites for hydroxylation is 1. The molecule has 5 heteroatoms. The first-order chi connectivity index (χ1) is 30.8. The number of rotatable bonds is 6. The van der Waals surface area contributed by atoms with Crippen LogP contribution in [0.15, 0.2) is 206 Å². The van der Waals surface area contributed by atoms with Gasteiger partial charge >= 0.3 is 0 Å². The van der Waals surface area contributed by atoms with Gasteiger partial charge in [-0.1, -0.05) is 97.1 Å². The van der Waals surface area contributed by atoms with Crippen molar-refractivity contribution in [1.82, 2.24) is 9.13 Å². The van der Waals surface area contributed by atoms with Gasteiger partial charge in [-0.15, -0.1) is 11.3 Å². The average molecular weight is 813 g/mol.